The smallest absolute Gasteiger partial charge is 0.309 e. The number of epoxide rings is 1. The van der Waals surface area contributed by atoms with Gasteiger partial charge in [0.2, 0.25) is 0 Å². The first kappa shape index (κ1) is 30.1. The van der Waals surface area contributed by atoms with Crippen LogP contribution >= 0.6 is 0 Å². The third kappa shape index (κ3) is 8.55. The number of nitrogens with zero attached hydrogens (tertiary/aromatic N) is 1. The van der Waals surface area contributed by atoms with E-state index in [0.717, 1.165) is 18.4 Å². The fourth-order valence-corrected chi connectivity index (χ4v) is 4.91. The van der Waals surface area contributed by atoms with Crippen LogP contribution in [0, 0.1) is 17.3 Å². The quantitative estimate of drug-likeness (QED) is 0.314. The number of carbonyl (C=O) groups excluding carboxylic acids is 2. The maximum Gasteiger partial charge on any atom is 0.309 e. The summed E-state index contributed by atoms with van der Waals surface area (Å²) in [5.74, 6) is -2.56. The highest BCUT2D eigenvalue weighted by Crippen LogP contribution is 2.35. The number of esters is 1. The molecule has 210 valence electrons. The summed E-state index contributed by atoms with van der Waals surface area (Å²) in [6.07, 6.45) is 4.34. The van der Waals surface area contributed by atoms with Gasteiger partial charge in [0, 0.05) is 18.5 Å². The van der Waals surface area contributed by atoms with E-state index < -0.39 is 47.9 Å². The molecule has 2 N–H and O–H groups in total. The third-order valence-corrected chi connectivity index (χ3v) is 7.83. The minimum Gasteiger partial charge on any atom is -0.455 e. The molecule has 0 spiro atoms. The Morgan fingerprint density at radius 2 is 1.97 bits per heavy atom. The number of carbonyl (C=O) groups is 2. The Bertz CT molecular complexity index is 1000. The van der Waals surface area contributed by atoms with E-state index in [4.69, 9.17) is 9.47 Å². The van der Waals surface area contributed by atoms with Crippen molar-refractivity contribution < 1.29 is 33.7 Å². The van der Waals surface area contributed by atoms with E-state index in [-0.39, 0.29) is 24.2 Å². The van der Waals surface area contributed by atoms with Gasteiger partial charge in [-0.15, -0.1) is 0 Å². The molecule has 0 saturated carbocycles. The average Bonchev–Trinajstić information content (AvgIpc) is 3.70. The summed E-state index contributed by atoms with van der Waals surface area (Å²) < 4.78 is 26.0. The molecule has 0 bridgehead atoms. The van der Waals surface area contributed by atoms with Gasteiger partial charge in [-0.2, -0.15) is 0 Å². The van der Waals surface area contributed by atoms with Gasteiger partial charge in [0.15, 0.2) is 6.10 Å². The van der Waals surface area contributed by atoms with E-state index in [9.17, 15) is 19.8 Å². The number of aliphatic hydroxyl groups is 2. The monoisotopic (exact) mass is 531 g/mol. The molecule has 1 saturated heterocycles. The molecule has 38 heavy (non-hydrogen) atoms. The largest absolute Gasteiger partial charge is 0.455 e. The first-order chi connectivity index (χ1) is 18.0. The van der Waals surface area contributed by atoms with Crippen LogP contribution in [0.2, 0.25) is 0 Å². The van der Waals surface area contributed by atoms with Crippen LogP contribution in [-0.2, 0) is 19.1 Å². The molecule has 2 aliphatic heterocycles. The van der Waals surface area contributed by atoms with E-state index in [1.165, 1.54) is 6.08 Å². The van der Waals surface area contributed by atoms with Gasteiger partial charge in [0.05, 0.1) is 42.4 Å². The minimum atomic E-state index is -1.36. The lowest BCUT2D eigenvalue weighted by atomic mass is 9.71. The molecular formula is C30H42FNO6. The fourth-order valence-electron chi connectivity index (χ4n) is 4.91. The van der Waals surface area contributed by atoms with Crippen LogP contribution in [-0.4, -0.2) is 58.0 Å². The zero-order valence-electron chi connectivity index (χ0n) is 22.9. The summed E-state index contributed by atoms with van der Waals surface area (Å²) in [6.45, 7) is 7.70. The van der Waals surface area contributed by atoms with Crippen LogP contribution in [0.5, 0.6) is 0 Å². The van der Waals surface area contributed by atoms with E-state index >= 15 is 4.39 Å². The summed E-state index contributed by atoms with van der Waals surface area (Å²) >= 11 is 0. The van der Waals surface area contributed by atoms with Gasteiger partial charge in [0.25, 0.3) is 0 Å². The number of hydrogen-bond donors (Lipinski definition) is 2. The van der Waals surface area contributed by atoms with Gasteiger partial charge in [-0.05, 0) is 63.2 Å². The van der Waals surface area contributed by atoms with Crippen molar-refractivity contribution in [3.8, 4) is 0 Å². The van der Waals surface area contributed by atoms with Gasteiger partial charge >= 0.3 is 5.97 Å². The third-order valence-electron chi connectivity index (χ3n) is 7.83. The number of Topliss-reactive ketones (excluding diaryl/α,β-unsaturated/α-hetero) is 1. The second-order valence-electron chi connectivity index (χ2n) is 11.4. The lowest BCUT2D eigenvalue weighted by Crippen LogP contribution is -2.46. The van der Waals surface area contributed by atoms with Crippen molar-refractivity contribution in [1.82, 2.24) is 4.98 Å². The van der Waals surface area contributed by atoms with E-state index in [0.29, 0.717) is 31.6 Å². The second kappa shape index (κ2) is 13.6. The molecule has 0 aliphatic carbocycles. The van der Waals surface area contributed by atoms with Crippen LogP contribution in [0.4, 0.5) is 4.39 Å². The highest BCUT2D eigenvalue weighted by molar-refractivity contribution is 5.88. The first-order valence-corrected chi connectivity index (χ1v) is 13.6. The summed E-state index contributed by atoms with van der Waals surface area (Å²) in [6, 6.07) is 5.11. The predicted octanol–water partition coefficient (Wildman–Crippen LogP) is 4.96. The number of rotatable bonds is 5. The molecule has 6 atom stereocenters. The van der Waals surface area contributed by atoms with Crippen molar-refractivity contribution in [2.24, 2.45) is 17.3 Å². The van der Waals surface area contributed by atoms with Gasteiger partial charge in [-0.3, -0.25) is 14.6 Å². The van der Waals surface area contributed by atoms with Crippen LogP contribution in [0.3, 0.4) is 0 Å². The number of pyridine rings is 1. The molecule has 3 heterocycles. The van der Waals surface area contributed by atoms with Crippen LogP contribution in [0.1, 0.15) is 78.3 Å². The average molecular weight is 532 g/mol. The lowest BCUT2D eigenvalue weighted by Gasteiger charge is -2.36. The Hall–Kier alpha value is -2.42. The van der Waals surface area contributed by atoms with Crippen molar-refractivity contribution in [3.63, 3.8) is 0 Å². The number of ketones is 1. The Kier molecular flexibility index (Phi) is 10.8. The van der Waals surface area contributed by atoms with E-state index in [2.05, 4.69) is 4.98 Å². The highest BCUT2D eigenvalue weighted by atomic mass is 19.1. The van der Waals surface area contributed by atoms with E-state index in [1.807, 2.05) is 19.9 Å². The van der Waals surface area contributed by atoms with Crippen molar-refractivity contribution in [1.29, 1.82) is 0 Å². The lowest BCUT2D eigenvalue weighted by molar-refractivity contribution is -0.155. The molecule has 2 aliphatic rings. The summed E-state index contributed by atoms with van der Waals surface area (Å²) in [4.78, 5) is 30.7. The molecule has 1 fully saturated rings. The number of ether oxygens (including phenoxy) is 2. The van der Waals surface area contributed by atoms with Gasteiger partial charge in [-0.25, -0.2) is 4.39 Å². The maximum atomic E-state index is 15.2. The Morgan fingerprint density at radius 1 is 1.24 bits per heavy atom. The Balaban J connectivity index is 1.86. The molecule has 8 heteroatoms. The maximum absolute atomic E-state index is 15.2. The van der Waals surface area contributed by atoms with Crippen LogP contribution in [0.15, 0.2) is 41.9 Å². The minimum absolute atomic E-state index is 0.104. The molecule has 6 unspecified atom stereocenters. The van der Waals surface area contributed by atoms with Crippen LogP contribution in [0.25, 0.3) is 6.08 Å². The van der Waals surface area contributed by atoms with Gasteiger partial charge in [-0.1, -0.05) is 38.5 Å². The van der Waals surface area contributed by atoms with Crippen molar-refractivity contribution in [2.45, 2.75) is 97.1 Å². The number of aromatic nitrogens is 1. The number of halogens is 1. The molecular weight excluding hydrogens is 489 g/mol. The number of cyclic esters (lactones) is 1. The Labute approximate surface area is 225 Å². The van der Waals surface area contributed by atoms with Gasteiger partial charge < -0.3 is 19.7 Å². The first-order valence-electron chi connectivity index (χ1n) is 13.6. The second-order valence-corrected chi connectivity index (χ2v) is 11.4. The molecule has 1 aromatic heterocycles. The number of hydrogen-bond acceptors (Lipinski definition) is 7. The molecule has 0 aromatic carbocycles. The molecule has 3 rings (SSSR count). The molecule has 1 aromatic rings. The predicted molar refractivity (Wildman–Crippen MR) is 142 cm³/mol. The molecule has 0 radical (unpaired) electrons. The standard InChI is InChI=1S/C30H42FNO6/c1-19-8-7-9-20(2)28(35)23(13-12-22-18-37-22)29(36)30(3,4)26(33)17-27(34)38-25(14-11-19)24(31)16-21-10-5-6-15-32-21/h5-6,10-11,15-16,20,22-23,25-26,28,33,35H,7-9,12-14,17-18H2,1-4H3/b19-11+,24-16?. The number of aliphatic hydroxyl groups excluding tert-OH is 2. The molecule has 0 amide bonds. The fraction of sp³-hybridized carbons (Fsp3) is 0.633. The SMILES string of the molecule is C/C1=C\CC(C(F)=Cc2ccccn2)OC(=O)CC(O)C(C)(C)C(=O)C(CCC2CO2)C(O)C(C)CCC1. The normalized spacial score (nSPS) is 33.2. The summed E-state index contributed by atoms with van der Waals surface area (Å²) in [5, 5.41) is 22.2. The summed E-state index contributed by atoms with van der Waals surface area (Å²) in [7, 11) is 0. The van der Waals surface area contributed by atoms with Gasteiger partial charge in [0.1, 0.15) is 11.6 Å². The topological polar surface area (TPSA) is 109 Å². The van der Waals surface area contributed by atoms with Crippen LogP contribution < -0.4 is 0 Å². The van der Waals surface area contributed by atoms with Crippen molar-refractivity contribution in [2.75, 3.05) is 6.61 Å². The summed E-state index contributed by atoms with van der Waals surface area (Å²) in [5.41, 5.74) is 0.0983. The Morgan fingerprint density at radius 3 is 2.63 bits per heavy atom. The highest BCUT2D eigenvalue weighted by Gasteiger charge is 2.44. The van der Waals surface area contributed by atoms with Crippen molar-refractivity contribution >= 4 is 17.8 Å². The molecule has 7 nitrogen and oxygen atoms in total. The van der Waals surface area contributed by atoms with Crippen molar-refractivity contribution in [3.05, 3.63) is 47.6 Å². The van der Waals surface area contributed by atoms with E-state index in [1.54, 1.807) is 38.2 Å². The zero-order valence-corrected chi connectivity index (χ0v) is 22.9. The number of allylic oxidation sites excluding steroid dienone is 1. The zero-order chi connectivity index (χ0) is 27.9.